The predicted molar refractivity (Wildman–Crippen MR) is 94.4 cm³/mol. The molecule has 2 aromatic rings. The van der Waals surface area contributed by atoms with Crippen molar-refractivity contribution in [2.45, 2.75) is 31.1 Å². The third-order valence-corrected chi connectivity index (χ3v) is 5.13. The molecular formula is C18H17BrClNO. The third-order valence-electron chi connectivity index (χ3n) is 4.37. The topological polar surface area (TPSA) is 29.1 Å². The van der Waals surface area contributed by atoms with Gasteiger partial charge in [0.25, 0.3) is 0 Å². The molecule has 0 aromatic heterocycles. The number of hydrogen-bond acceptors (Lipinski definition) is 1. The van der Waals surface area contributed by atoms with Crippen LogP contribution in [-0.4, -0.2) is 5.91 Å². The van der Waals surface area contributed by atoms with Gasteiger partial charge in [-0.05, 0) is 48.7 Å². The van der Waals surface area contributed by atoms with Gasteiger partial charge in [0, 0.05) is 15.2 Å². The summed E-state index contributed by atoms with van der Waals surface area (Å²) in [7, 11) is 0. The maximum atomic E-state index is 13.0. The monoisotopic (exact) mass is 377 g/mol. The van der Waals surface area contributed by atoms with Crippen molar-refractivity contribution in [2.75, 3.05) is 5.32 Å². The molecule has 0 aliphatic heterocycles. The fourth-order valence-corrected chi connectivity index (χ4v) is 3.67. The van der Waals surface area contributed by atoms with Gasteiger partial charge in [0.15, 0.2) is 0 Å². The van der Waals surface area contributed by atoms with E-state index in [9.17, 15) is 4.79 Å². The zero-order valence-corrected chi connectivity index (χ0v) is 14.5. The highest BCUT2D eigenvalue weighted by Gasteiger charge is 2.42. The first-order valence-corrected chi connectivity index (χ1v) is 8.60. The molecule has 22 heavy (non-hydrogen) atoms. The summed E-state index contributed by atoms with van der Waals surface area (Å²) in [5.41, 5.74) is 1.41. The second kappa shape index (κ2) is 6.43. The van der Waals surface area contributed by atoms with Crippen LogP contribution in [0.3, 0.4) is 0 Å². The van der Waals surface area contributed by atoms with Crippen LogP contribution in [-0.2, 0) is 10.2 Å². The van der Waals surface area contributed by atoms with E-state index in [1.807, 2.05) is 36.4 Å². The Morgan fingerprint density at radius 2 is 1.77 bits per heavy atom. The van der Waals surface area contributed by atoms with Crippen LogP contribution < -0.4 is 5.32 Å². The molecule has 2 nitrogen and oxygen atoms in total. The molecular weight excluding hydrogens is 362 g/mol. The van der Waals surface area contributed by atoms with Gasteiger partial charge < -0.3 is 5.32 Å². The summed E-state index contributed by atoms with van der Waals surface area (Å²) in [5, 5.41) is 3.67. The quantitative estimate of drug-likeness (QED) is 0.745. The van der Waals surface area contributed by atoms with Crippen LogP contribution in [0.25, 0.3) is 0 Å². The van der Waals surface area contributed by atoms with Gasteiger partial charge in [-0.1, -0.05) is 58.6 Å². The Morgan fingerprint density at radius 3 is 2.41 bits per heavy atom. The smallest absolute Gasteiger partial charge is 0.235 e. The highest BCUT2D eigenvalue weighted by Crippen LogP contribution is 2.42. The summed E-state index contributed by atoms with van der Waals surface area (Å²) in [6.45, 7) is 0. The van der Waals surface area contributed by atoms with Gasteiger partial charge in [-0.15, -0.1) is 0 Å². The maximum Gasteiger partial charge on any atom is 0.235 e. The molecule has 0 spiro atoms. The molecule has 1 amide bonds. The van der Waals surface area contributed by atoms with Gasteiger partial charge in [0.1, 0.15) is 0 Å². The van der Waals surface area contributed by atoms with Gasteiger partial charge in [-0.3, -0.25) is 4.79 Å². The highest BCUT2D eigenvalue weighted by molar-refractivity contribution is 9.10. The molecule has 0 bridgehead atoms. The maximum absolute atomic E-state index is 13.0. The van der Waals surface area contributed by atoms with Crippen LogP contribution >= 0.6 is 27.5 Å². The number of halogens is 2. The molecule has 3 rings (SSSR count). The molecule has 1 N–H and O–H groups in total. The number of rotatable bonds is 3. The first kappa shape index (κ1) is 15.6. The number of amides is 1. The summed E-state index contributed by atoms with van der Waals surface area (Å²) >= 11 is 9.46. The summed E-state index contributed by atoms with van der Waals surface area (Å²) in [6.07, 6.45) is 3.94. The van der Waals surface area contributed by atoms with Gasteiger partial charge in [-0.2, -0.15) is 0 Å². The lowest BCUT2D eigenvalue weighted by molar-refractivity contribution is -0.121. The van der Waals surface area contributed by atoms with E-state index in [4.69, 9.17) is 11.6 Å². The summed E-state index contributed by atoms with van der Waals surface area (Å²) in [4.78, 5) is 13.0. The van der Waals surface area contributed by atoms with Crippen molar-refractivity contribution in [1.29, 1.82) is 0 Å². The van der Waals surface area contributed by atoms with Crippen molar-refractivity contribution < 1.29 is 4.79 Å². The zero-order valence-electron chi connectivity index (χ0n) is 12.1. The number of benzene rings is 2. The van der Waals surface area contributed by atoms with Gasteiger partial charge >= 0.3 is 0 Å². The number of nitrogens with one attached hydrogen (secondary N) is 1. The van der Waals surface area contributed by atoms with Gasteiger partial charge in [0.05, 0.1) is 5.41 Å². The Labute approximate surface area is 144 Å². The lowest BCUT2D eigenvalue weighted by Gasteiger charge is -2.28. The van der Waals surface area contributed by atoms with Crippen molar-refractivity contribution in [1.82, 2.24) is 0 Å². The van der Waals surface area contributed by atoms with E-state index in [1.54, 1.807) is 12.1 Å². The van der Waals surface area contributed by atoms with Crippen LogP contribution in [0.2, 0.25) is 5.02 Å². The molecule has 0 radical (unpaired) electrons. The van der Waals surface area contributed by atoms with Crippen molar-refractivity contribution in [3.05, 3.63) is 63.6 Å². The minimum atomic E-state index is -0.428. The SMILES string of the molecule is O=C(Nc1cccc(Cl)c1)C1(c2ccc(Br)cc2)CCCC1. The van der Waals surface area contributed by atoms with Crippen molar-refractivity contribution in [3.63, 3.8) is 0 Å². The number of hydrogen-bond donors (Lipinski definition) is 1. The number of carbonyl (C=O) groups excluding carboxylic acids is 1. The average Bonchev–Trinajstić information content (AvgIpc) is 2.99. The Balaban J connectivity index is 1.90. The Hall–Kier alpha value is -1.32. The average molecular weight is 379 g/mol. The van der Waals surface area contributed by atoms with E-state index in [0.29, 0.717) is 5.02 Å². The van der Waals surface area contributed by atoms with Crippen LogP contribution in [0.15, 0.2) is 53.0 Å². The normalized spacial score (nSPS) is 16.5. The van der Waals surface area contributed by atoms with Crippen molar-refractivity contribution >= 4 is 39.1 Å². The van der Waals surface area contributed by atoms with Crippen molar-refractivity contribution in [3.8, 4) is 0 Å². The van der Waals surface area contributed by atoms with E-state index >= 15 is 0 Å². The Bertz CT molecular complexity index is 678. The molecule has 2 aromatic carbocycles. The lowest BCUT2D eigenvalue weighted by Crippen LogP contribution is -2.37. The number of carbonyl (C=O) groups is 1. The molecule has 1 saturated carbocycles. The van der Waals surface area contributed by atoms with E-state index in [2.05, 4.69) is 21.2 Å². The lowest BCUT2D eigenvalue weighted by atomic mass is 9.78. The van der Waals surface area contributed by atoms with Crippen LogP contribution in [0.4, 0.5) is 5.69 Å². The predicted octanol–water partition coefficient (Wildman–Crippen LogP) is 5.55. The summed E-state index contributed by atoms with van der Waals surface area (Å²) < 4.78 is 1.03. The fourth-order valence-electron chi connectivity index (χ4n) is 3.21. The van der Waals surface area contributed by atoms with E-state index in [-0.39, 0.29) is 5.91 Å². The summed E-state index contributed by atoms with van der Waals surface area (Å²) in [6, 6.07) is 15.4. The largest absolute Gasteiger partial charge is 0.325 e. The van der Waals surface area contributed by atoms with Crippen LogP contribution in [0.5, 0.6) is 0 Å². The second-order valence-electron chi connectivity index (χ2n) is 5.76. The Morgan fingerprint density at radius 1 is 1.09 bits per heavy atom. The van der Waals surface area contributed by atoms with Crippen molar-refractivity contribution in [2.24, 2.45) is 0 Å². The first-order chi connectivity index (χ1) is 10.6. The molecule has 4 heteroatoms. The second-order valence-corrected chi connectivity index (χ2v) is 7.11. The zero-order chi connectivity index (χ0) is 15.6. The van der Waals surface area contributed by atoms with E-state index in [1.165, 1.54) is 0 Å². The highest BCUT2D eigenvalue weighted by atomic mass is 79.9. The molecule has 1 aliphatic rings. The van der Waals surface area contributed by atoms with Crippen LogP contribution in [0.1, 0.15) is 31.2 Å². The number of anilines is 1. The Kier molecular flexibility index (Phi) is 4.55. The first-order valence-electron chi connectivity index (χ1n) is 7.43. The molecule has 0 atom stereocenters. The van der Waals surface area contributed by atoms with E-state index < -0.39 is 5.41 Å². The van der Waals surface area contributed by atoms with Gasteiger partial charge in [-0.25, -0.2) is 0 Å². The standard InChI is InChI=1S/C18H17BrClNO/c19-14-8-6-13(7-9-14)18(10-1-2-11-18)17(22)21-16-5-3-4-15(20)12-16/h3-9,12H,1-2,10-11H2,(H,21,22). The minimum absolute atomic E-state index is 0.0644. The molecule has 0 saturated heterocycles. The molecule has 114 valence electrons. The van der Waals surface area contributed by atoms with E-state index in [0.717, 1.165) is 41.4 Å². The van der Waals surface area contributed by atoms with Gasteiger partial charge in [0.2, 0.25) is 5.91 Å². The van der Waals surface area contributed by atoms with Crippen LogP contribution in [0, 0.1) is 0 Å². The molecule has 0 unspecified atom stereocenters. The fraction of sp³-hybridized carbons (Fsp3) is 0.278. The minimum Gasteiger partial charge on any atom is -0.325 e. The summed E-state index contributed by atoms with van der Waals surface area (Å²) in [5.74, 6) is 0.0644. The molecule has 0 heterocycles. The third kappa shape index (κ3) is 3.06. The molecule has 1 aliphatic carbocycles. The molecule has 1 fully saturated rings.